The molecule has 1 amide bonds. The highest BCUT2D eigenvalue weighted by Crippen LogP contribution is 2.24. The Kier molecular flexibility index (Phi) is 6.20. The highest BCUT2D eigenvalue weighted by atomic mass is 32.2. The van der Waals surface area contributed by atoms with Gasteiger partial charge in [0.1, 0.15) is 11.4 Å². The van der Waals surface area contributed by atoms with Crippen LogP contribution < -0.4 is 10.6 Å². The number of carbonyl (C=O) groups excluding carboxylic acids is 2. The first-order valence-electron chi connectivity index (χ1n) is 7.97. The number of carbonyl (C=O) groups is 2. The van der Waals surface area contributed by atoms with Gasteiger partial charge in [-0.3, -0.25) is 10.1 Å². The minimum absolute atomic E-state index is 0.136. The number of amides is 1. The van der Waals surface area contributed by atoms with Crippen molar-refractivity contribution in [1.82, 2.24) is 9.97 Å². The number of ether oxygens (including phenoxy) is 1. The zero-order valence-electron chi connectivity index (χ0n) is 15.4. The molecule has 0 fully saturated rings. The average molecular weight is 374 g/mol. The SMILES string of the molecule is CSc1ncc(C(C)=O)c(Nc2cccc(NC(=O)OC(C)(C)C)c2)n1. The molecule has 0 saturated heterocycles. The van der Waals surface area contributed by atoms with E-state index in [-0.39, 0.29) is 5.78 Å². The van der Waals surface area contributed by atoms with Crippen LogP contribution in [0.3, 0.4) is 0 Å². The fourth-order valence-electron chi connectivity index (χ4n) is 2.05. The third-order valence-electron chi connectivity index (χ3n) is 3.10. The van der Waals surface area contributed by atoms with E-state index in [1.807, 2.05) is 12.3 Å². The van der Waals surface area contributed by atoms with Crippen molar-refractivity contribution in [3.8, 4) is 0 Å². The maximum absolute atomic E-state index is 11.9. The van der Waals surface area contributed by atoms with Crippen molar-refractivity contribution >= 4 is 40.8 Å². The number of thioether (sulfide) groups is 1. The smallest absolute Gasteiger partial charge is 0.412 e. The molecule has 0 saturated carbocycles. The molecule has 138 valence electrons. The van der Waals surface area contributed by atoms with Gasteiger partial charge in [-0.1, -0.05) is 17.8 Å². The first-order chi connectivity index (χ1) is 12.2. The monoisotopic (exact) mass is 374 g/mol. The first kappa shape index (κ1) is 19.7. The lowest BCUT2D eigenvalue weighted by atomic mass is 10.2. The molecule has 26 heavy (non-hydrogen) atoms. The van der Waals surface area contributed by atoms with Crippen LogP contribution in [0.1, 0.15) is 38.1 Å². The molecule has 0 spiro atoms. The van der Waals surface area contributed by atoms with E-state index in [1.165, 1.54) is 24.9 Å². The average Bonchev–Trinajstić information content (AvgIpc) is 2.52. The molecule has 8 heteroatoms. The van der Waals surface area contributed by atoms with Crippen molar-refractivity contribution in [3.63, 3.8) is 0 Å². The van der Waals surface area contributed by atoms with Crippen LogP contribution in [0, 0.1) is 0 Å². The van der Waals surface area contributed by atoms with Crippen molar-refractivity contribution < 1.29 is 14.3 Å². The molecular weight excluding hydrogens is 352 g/mol. The second-order valence-electron chi connectivity index (χ2n) is 6.51. The number of hydrogen-bond acceptors (Lipinski definition) is 7. The van der Waals surface area contributed by atoms with Gasteiger partial charge in [0, 0.05) is 17.6 Å². The summed E-state index contributed by atoms with van der Waals surface area (Å²) in [6.07, 6.45) is 2.83. The van der Waals surface area contributed by atoms with Crippen LogP contribution >= 0.6 is 11.8 Å². The number of rotatable bonds is 5. The molecule has 0 aliphatic rings. The molecule has 0 aliphatic carbocycles. The van der Waals surface area contributed by atoms with Crippen molar-refractivity contribution in [1.29, 1.82) is 0 Å². The molecule has 0 unspecified atom stereocenters. The van der Waals surface area contributed by atoms with Crippen molar-refractivity contribution in [2.24, 2.45) is 0 Å². The third kappa shape index (κ3) is 5.73. The normalized spacial score (nSPS) is 11.0. The fourth-order valence-corrected chi connectivity index (χ4v) is 2.39. The van der Waals surface area contributed by atoms with Crippen LogP contribution in [-0.4, -0.2) is 33.7 Å². The van der Waals surface area contributed by atoms with Crippen LogP contribution in [0.25, 0.3) is 0 Å². The Morgan fingerprint density at radius 2 is 1.88 bits per heavy atom. The van der Waals surface area contributed by atoms with Gasteiger partial charge in [-0.05, 0) is 52.1 Å². The van der Waals surface area contributed by atoms with E-state index in [4.69, 9.17) is 4.74 Å². The van der Waals surface area contributed by atoms with E-state index in [1.54, 1.807) is 39.0 Å². The second kappa shape index (κ2) is 8.18. The molecule has 0 radical (unpaired) electrons. The number of benzene rings is 1. The molecule has 2 aromatic rings. The highest BCUT2D eigenvalue weighted by Gasteiger charge is 2.16. The molecule has 1 aromatic heterocycles. The number of ketones is 1. The summed E-state index contributed by atoms with van der Waals surface area (Å²) >= 11 is 1.38. The van der Waals surface area contributed by atoms with E-state index >= 15 is 0 Å². The predicted molar refractivity (Wildman–Crippen MR) is 103 cm³/mol. The lowest BCUT2D eigenvalue weighted by Crippen LogP contribution is -2.27. The number of nitrogens with zero attached hydrogens (tertiary/aromatic N) is 2. The lowest BCUT2D eigenvalue weighted by Gasteiger charge is -2.19. The number of anilines is 3. The summed E-state index contributed by atoms with van der Waals surface area (Å²) in [5.74, 6) is 0.287. The highest BCUT2D eigenvalue weighted by molar-refractivity contribution is 7.98. The maximum atomic E-state index is 11.9. The van der Waals surface area contributed by atoms with E-state index < -0.39 is 11.7 Å². The molecule has 0 aliphatic heterocycles. The zero-order valence-corrected chi connectivity index (χ0v) is 16.2. The molecule has 0 atom stereocenters. The summed E-state index contributed by atoms with van der Waals surface area (Å²) < 4.78 is 5.24. The standard InChI is InChI=1S/C18H22N4O3S/c1-11(23)14-10-19-16(26-5)22-15(14)20-12-7-6-8-13(9-12)21-17(24)25-18(2,3)4/h6-10H,1-5H3,(H,21,24)(H,19,20,22). The zero-order chi connectivity index (χ0) is 19.3. The summed E-state index contributed by atoms with van der Waals surface area (Å²) in [4.78, 5) is 32.2. The number of hydrogen-bond donors (Lipinski definition) is 2. The van der Waals surface area contributed by atoms with Gasteiger partial charge in [-0.25, -0.2) is 14.8 Å². The molecule has 1 heterocycles. The molecule has 1 aromatic carbocycles. The molecular formula is C18H22N4O3S. The maximum Gasteiger partial charge on any atom is 0.412 e. The van der Waals surface area contributed by atoms with E-state index in [0.717, 1.165) is 0 Å². The van der Waals surface area contributed by atoms with E-state index in [0.29, 0.717) is 27.9 Å². The van der Waals surface area contributed by atoms with Gasteiger partial charge >= 0.3 is 6.09 Å². The van der Waals surface area contributed by atoms with Crippen LogP contribution in [-0.2, 0) is 4.74 Å². The molecule has 0 bridgehead atoms. The van der Waals surface area contributed by atoms with Crippen LogP contribution in [0.2, 0.25) is 0 Å². The van der Waals surface area contributed by atoms with E-state index in [2.05, 4.69) is 20.6 Å². The summed E-state index contributed by atoms with van der Waals surface area (Å²) in [6.45, 7) is 6.86. The minimum atomic E-state index is -0.578. The van der Waals surface area contributed by atoms with Gasteiger partial charge in [0.15, 0.2) is 10.9 Å². The Bertz CT molecular complexity index is 818. The number of Topliss-reactive ketones (excluding diaryl/α,β-unsaturated/α-hetero) is 1. The van der Waals surface area contributed by atoms with Crippen LogP contribution in [0.4, 0.5) is 22.0 Å². The summed E-state index contributed by atoms with van der Waals surface area (Å²) in [5.41, 5.74) is 1.05. The summed E-state index contributed by atoms with van der Waals surface area (Å²) in [5, 5.41) is 6.35. The van der Waals surface area contributed by atoms with Crippen LogP contribution in [0.5, 0.6) is 0 Å². The van der Waals surface area contributed by atoms with Crippen molar-refractivity contribution in [2.75, 3.05) is 16.9 Å². The minimum Gasteiger partial charge on any atom is -0.444 e. The van der Waals surface area contributed by atoms with Gasteiger partial charge in [0.25, 0.3) is 0 Å². The quantitative estimate of drug-likeness (QED) is 0.452. The lowest BCUT2D eigenvalue weighted by molar-refractivity contribution is 0.0635. The second-order valence-corrected chi connectivity index (χ2v) is 7.28. The topological polar surface area (TPSA) is 93.2 Å². The van der Waals surface area contributed by atoms with Gasteiger partial charge in [0.2, 0.25) is 0 Å². The third-order valence-corrected chi connectivity index (χ3v) is 3.66. The Morgan fingerprint density at radius 3 is 2.50 bits per heavy atom. The first-order valence-corrected chi connectivity index (χ1v) is 9.19. The molecule has 2 N–H and O–H groups in total. The summed E-state index contributed by atoms with van der Waals surface area (Å²) in [6, 6.07) is 7.06. The largest absolute Gasteiger partial charge is 0.444 e. The van der Waals surface area contributed by atoms with E-state index in [9.17, 15) is 9.59 Å². The van der Waals surface area contributed by atoms with Gasteiger partial charge in [0.05, 0.1) is 5.56 Å². The van der Waals surface area contributed by atoms with Gasteiger partial charge < -0.3 is 10.1 Å². The number of nitrogens with one attached hydrogen (secondary N) is 2. The fraction of sp³-hybridized carbons (Fsp3) is 0.333. The Morgan fingerprint density at radius 1 is 1.19 bits per heavy atom. The van der Waals surface area contributed by atoms with Crippen molar-refractivity contribution in [2.45, 2.75) is 38.5 Å². The van der Waals surface area contributed by atoms with Crippen LogP contribution in [0.15, 0.2) is 35.6 Å². The number of aromatic nitrogens is 2. The predicted octanol–water partition coefficient (Wildman–Crippen LogP) is 4.49. The van der Waals surface area contributed by atoms with Crippen molar-refractivity contribution in [3.05, 3.63) is 36.0 Å². The van der Waals surface area contributed by atoms with Gasteiger partial charge in [-0.15, -0.1) is 0 Å². The molecule has 7 nitrogen and oxygen atoms in total. The Hall–Kier alpha value is -2.61. The molecule has 2 rings (SSSR count). The Labute approximate surface area is 157 Å². The van der Waals surface area contributed by atoms with Gasteiger partial charge in [-0.2, -0.15) is 0 Å². The summed E-state index contributed by atoms with van der Waals surface area (Å²) in [7, 11) is 0. The Balaban J connectivity index is 2.21.